The van der Waals surface area contributed by atoms with Crippen LogP contribution in [0.25, 0.3) is 0 Å². The Morgan fingerprint density at radius 2 is 1.78 bits per heavy atom. The molecule has 4 atom stereocenters. The van der Waals surface area contributed by atoms with Crippen molar-refractivity contribution in [2.75, 3.05) is 26.7 Å². The normalized spacial score (nSPS) is 28.1. The van der Waals surface area contributed by atoms with Crippen LogP contribution in [-0.4, -0.2) is 88.8 Å². The molecule has 3 unspecified atom stereocenters. The Labute approximate surface area is 218 Å². The van der Waals surface area contributed by atoms with Crippen molar-refractivity contribution in [3.05, 3.63) is 35.9 Å². The average molecular weight is 511 g/mol. The first-order valence-electron chi connectivity index (χ1n) is 13.5. The van der Waals surface area contributed by atoms with Crippen LogP contribution in [0.15, 0.2) is 30.3 Å². The Hall–Kier alpha value is -2.98. The van der Waals surface area contributed by atoms with Gasteiger partial charge < -0.3 is 15.1 Å². The second-order valence-corrected chi connectivity index (χ2v) is 11.3. The van der Waals surface area contributed by atoms with E-state index in [2.05, 4.69) is 16.2 Å². The monoisotopic (exact) mass is 510 g/mol. The van der Waals surface area contributed by atoms with E-state index in [1.165, 1.54) is 4.90 Å². The van der Waals surface area contributed by atoms with Gasteiger partial charge in [0, 0.05) is 44.3 Å². The lowest BCUT2D eigenvalue weighted by molar-refractivity contribution is -0.143. The molecule has 3 aliphatic heterocycles. The van der Waals surface area contributed by atoms with Crippen molar-refractivity contribution in [3.8, 4) is 0 Å². The molecule has 37 heavy (non-hydrogen) atoms. The number of carbonyl (C=O) groups is 4. The summed E-state index contributed by atoms with van der Waals surface area (Å²) < 4.78 is 0. The molecule has 4 aliphatic rings. The zero-order valence-electron chi connectivity index (χ0n) is 21.9. The standard InChI is InChI=1S/C27H38N6O4/c1-17(2)22(29-23(34)18-7-5-4-6-8-18)24(35)32-13-11-27(12-14-32)25(36)31(3)26(37)33(27)20-9-10-21-19(15-20)16-28-30-21/h4-8,17,19-22,28,30H,9-16H2,1-3H3,(H,29,34)/t19?,20?,21?,22-/m1/s1. The summed E-state index contributed by atoms with van der Waals surface area (Å²) >= 11 is 0. The van der Waals surface area contributed by atoms with E-state index in [1.807, 2.05) is 24.8 Å². The minimum atomic E-state index is -0.903. The molecule has 5 rings (SSSR count). The highest BCUT2D eigenvalue weighted by atomic mass is 16.2. The van der Waals surface area contributed by atoms with E-state index in [0.717, 1.165) is 25.8 Å². The molecule has 1 aromatic rings. The number of hydrogen-bond acceptors (Lipinski definition) is 6. The number of fused-ring (bicyclic) bond motifs is 1. The Kier molecular flexibility index (Phi) is 6.97. The van der Waals surface area contributed by atoms with Gasteiger partial charge in [-0.3, -0.25) is 30.1 Å². The van der Waals surface area contributed by atoms with Crippen molar-refractivity contribution < 1.29 is 19.2 Å². The molecule has 3 N–H and O–H groups in total. The number of hydrogen-bond donors (Lipinski definition) is 3. The summed E-state index contributed by atoms with van der Waals surface area (Å²) in [7, 11) is 1.57. The lowest BCUT2D eigenvalue weighted by atomic mass is 9.78. The van der Waals surface area contributed by atoms with E-state index in [-0.39, 0.29) is 35.7 Å². The number of urea groups is 1. The van der Waals surface area contributed by atoms with E-state index in [4.69, 9.17) is 0 Å². The number of nitrogens with one attached hydrogen (secondary N) is 3. The van der Waals surface area contributed by atoms with E-state index in [9.17, 15) is 19.2 Å². The Morgan fingerprint density at radius 3 is 2.46 bits per heavy atom. The van der Waals surface area contributed by atoms with Crippen LogP contribution < -0.4 is 16.2 Å². The Balaban J connectivity index is 1.29. The number of rotatable bonds is 5. The molecule has 1 aromatic carbocycles. The highest BCUT2D eigenvalue weighted by molar-refractivity contribution is 6.07. The van der Waals surface area contributed by atoms with Crippen LogP contribution in [0.5, 0.6) is 0 Å². The molecule has 1 spiro atoms. The number of nitrogens with zero attached hydrogens (tertiary/aromatic N) is 3. The molecular formula is C27H38N6O4. The average Bonchev–Trinajstić information content (AvgIpc) is 3.45. The van der Waals surface area contributed by atoms with E-state index in [0.29, 0.717) is 43.5 Å². The van der Waals surface area contributed by atoms with Crippen LogP contribution in [0, 0.1) is 11.8 Å². The fraction of sp³-hybridized carbons (Fsp3) is 0.630. The van der Waals surface area contributed by atoms with Gasteiger partial charge in [-0.1, -0.05) is 32.0 Å². The van der Waals surface area contributed by atoms with Crippen LogP contribution in [0.3, 0.4) is 0 Å². The van der Waals surface area contributed by atoms with Gasteiger partial charge in [-0.25, -0.2) is 4.79 Å². The minimum absolute atomic E-state index is 0.0141. The van der Waals surface area contributed by atoms with Crippen molar-refractivity contribution in [2.45, 2.75) is 69.6 Å². The molecule has 4 fully saturated rings. The molecule has 10 heteroatoms. The van der Waals surface area contributed by atoms with Gasteiger partial charge in [0.1, 0.15) is 11.6 Å². The maximum absolute atomic E-state index is 13.5. The molecular weight excluding hydrogens is 472 g/mol. The number of benzene rings is 1. The number of carbonyl (C=O) groups excluding carboxylic acids is 4. The van der Waals surface area contributed by atoms with Crippen LogP contribution in [0.1, 0.15) is 56.3 Å². The van der Waals surface area contributed by atoms with Gasteiger partial charge in [0.2, 0.25) is 5.91 Å². The smallest absolute Gasteiger partial charge is 0.327 e. The van der Waals surface area contributed by atoms with Crippen molar-refractivity contribution in [2.24, 2.45) is 11.8 Å². The molecule has 3 saturated heterocycles. The number of amides is 5. The molecule has 0 bridgehead atoms. The second-order valence-electron chi connectivity index (χ2n) is 11.3. The number of imide groups is 1. The largest absolute Gasteiger partial charge is 0.341 e. The molecule has 3 heterocycles. The number of likely N-dealkylation sites (N-methyl/N-ethyl adjacent to an activating group) is 1. The van der Waals surface area contributed by atoms with E-state index in [1.54, 1.807) is 36.2 Å². The van der Waals surface area contributed by atoms with Crippen molar-refractivity contribution in [3.63, 3.8) is 0 Å². The van der Waals surface area contributed by atoms with Gasteiger partial charge in [-0.2, -0.15) is 0 Å². The number of hydrazine groups is 1. The highest BCUT2D eigenvalue weighted by Gasteiger charge is 2.60. The lowest BCUT2D eigenvalue weighted by Crippen LogP contribution is -2.62. The second kappa shape index (κ2) is 10.1. The first kappa shape index (κ1) is 25.7. The summed E-state index contributed by atoms with van der Waals surface area (Å²) in [5, 5.41) is 2.91. The molecule has 200 valence electrons. The minimum Gasteiger partial charge on any atom is -0.341 e. The maximum Gasteiger partial charge on any atom is 0.327 e. The first-order valence-corrected chi connectivity index (χ1v) is 13.5. The van der Waals surface area contributed by atoms with Gasteiger partial charge in [0.25, 0.3) is 11.8 Å². The molecule has 0 aromatic heterocycles. The molecule has 10 nitrogen and oxygen atoms in total. The van der Waals surface area contributed by atoms with Crippen LogP contribution in [-0.2, 0) is 9.59 Å². The van der Waals surface area contributed by atoms with Crippen LogP contribution >= 0.6 is 0 Å². The third-order valence-corrected chi connectivity index (χ3v) is 8.79. The zero-order valence-corrected chi connectivity index (χ0v) is 21.9. The number of piperidine rings is 1. The van der Waals surface area contributed by atoms with E-state index < -0.39 is 11.6 Å². The summed E-state index contributed by atoms with van der Waals surface area (Å²) in [5.41, 5.74) is 6.16. The molecule has 1 aliphatic carbocycles. The lowest BCUT2D eigenvalue weighted by Gasteiger charge is -2.47. The predicted octanol–water partition coefficient (Wildman–Crippen LogP) is 1.34. The fourth-order valence-corrected chi connectivity index (χ4v) is 6.64. The third-order valence-electron chi connectivity index (χ3n) is 8.79. The van der Waals surface area contributed by atoms with Gasteiger partial charge >= 0.3 is 6.03 Å². The Bertz CT molecular complexity index is 1050. The maximum atomic E-state index is 13.5. The summed E-state index contributed by atoms with van der Waals surface area (Å²) in [6.07, 6.45) is 3.50. The van der Waals surface area contributed by atoms with Crippen molar-refractivity contribution in [1.82, 2.24) is 30.9 Å². The zero-order chi connectivity index (χ0) is 26.3. The highest BCUT2D eigenvalue weighted by Crippen LogP contribution is 2.42. The summed E-state index contributed by atoms with van der Waals surface area (Å²) in [6, 6.07) is 8.41. The summed E-state index contributed by atoms with van der Waals surface area (Å²) in [4.78, 5) is 58.0. The molecule has 5 amide bonds. The van der Waals surface area contributed by atoms with Gasteiger partial charge in [0.05, 0.1) is 0 Å². The van der Waals surface area contributed by atoms with Gasteiger partial charge in [-0.05, 0) is 56.1 Å². The quantitative estimate of drug-likeness (QED) is 0.515. The Morgan fingerprint density at radius 1 is 1.08 bits per heavy atom. The topological polar surface area (TPSA) is 114 Å². The predicted molar refractivity (Wildman–Crippen MR) is 137 cm³/mol. The third kappa shape index (κ3) is 4.50. The van der Waals surface area contributed by atoms with Crippen molar-refractivity contribution >= 4 is 23.8 Å². The SMILES string of the molecule is CC(C)[C@@H](NC(=O)c1ccccc1)C(=O)N1CCC2(CC1)C(=O)N(C)C(=O)N2C1CCC2NNCC2C1. The van der Waals surface area contributed by atoms with Gasteiger partial charge in [-0.15, -0.1) is 0 Å². The number of likely N-dealkylation sites (tertiary alicyclic amines) is 1. The van der Waals surface area contributed by atoms with Gasteiger partial charge in [0.15, 0.2) is 0 Å². The van der Waals surface area contributed by atoms with Crippen molar-refractivity contribution in [1.29, 1.82) is 0 Å². The fourth-order valence-electron chi connectivity index (χ4n) is 6.64. The van der Waals surface area contributed by atoms with E-state index >= 15 is 0 Å². The van der Waals surface area contributed by atoms with Crippen LogP contribution in [0.4, 0.5) is 4.79 Å². The molecule has 0 radical (unpaired) electrons. The molecule has 1 saturated carbocycles. The summed E-state index contributed by atoms with van der Waals surface area (Å²) in [6.45, 7) is 5.44. The van der Waals surface area contributed by atoms with Crippen LogP contribution in [0.2, 0.25) is 0 Å². The first-order chi connectivity index (χ1) is 17.7. The summed E-state index contributed by atoms with van der Waals surface area (Å²) in [5.74, 6) is -0.248.